The van der Waals surface area contributed by atoms with Gasteiger partial charge >= 0.3 is 0 Å². The van der Waals surface area contributed by atoms with Crippen molar-refractivity contribution in [3.8, 4) is 11.1 Å². The maximum atomic E-state index is 13.4. The van der Waals surface area contributed by atoms with Gasteiger partial charge in [-0.05, 0) is 13.0 Å². The van der Waals surface area contributed by atoms with E-state index in [0.29, 0.717) is 17.7 Å². The van der Waals surface area contributed by atoms with Crippen molar-refractivity contribution in [2.75, 3.05) is 0 Å². The molecule has 1 aromatic carbocycles. The highest BCUT2D eigenvalue weighted by Gasteiger charge is 2.13. The highest BCUT2D eigenvalue weighted by Crippen LogP contribution is 2.26. The summed E-state index contributed by atoms with van der Waals surface area (Å²) in [5.74, 6) is -2.79. The van der Waals surface area contributed by atoms with Gasteiger partial charge in [-0.3, -0.25) is 4.98 Å². The molecule has 0 fully saturated rings. The Bertz CT molecular complexity index is 497. The van der Waals surface area contributed by atoms with Gasteiger partial charge in [0.05, 0.1) is 5.56 Å². The molecular weight excluding hydrogens is 215 g/mol. The number of hydrogen-bond donors (Lipinski definition) is 0. The minimum Gasteiger partial charge on any atom is -0.261 e. The standard InChI is InChI=1S/C12H8F3N/c1-7-2-3-8(6-16-7)12-10(14)4-9(13)5-11(12)15/h2-6H,1H3. The van der Waals surface area contributed by atoms with E-state index in [2.05, 4.69) is 4.98 Å². The van der Waals surface area contributed by atoms with E-state index in [0.717, 1.165) is 5.69 Å². The molecule has 1 aromatic heterocycles. The van der Waals surface area contributed by atoms with Crippen molar-refractivity contribution in [3.05, 3.63) is 53.6 Å². The van der Waals surface area contributed by atoms with Gasteiger partial charge in [-0.25, -0.2) is 13.2 Å². The molecule has 4 heteroatoms. The summed E-state index contributed by atoms with van der Waals surface area (Å²) < 4.78 is 39.5. The summed E-state index contributed by atoms with van der Waals surface area (Å²) in [5.41, 5.74) is 0.779. The normalized spacial score (nSPS) is 10.5. The monoisotopic (exact) mass is 223 g/mol. The SMILES string of the molecule is Cc1ccc(-c2c(F)cc(F)cc2F)cn1. The number of rotatable bonds is 1. The molecule has 0 amide bonds. The van der Waals surface area contributed by atoms with Gasteiger partial charge in [0.2, 0.25) is 0 Å². The minimum absolute atomic E-state index is 0.256. The van der Waals surface area contributed by atoms with Crippen molar-refractivity contribution in [1.82, 2.24) is 4.98 Å². The van der Waals surface area contributed by atoms with E-state index in [4.69, 9.17) is 0 Å². The first-order chi connectivity index (χ1) is 7.58. The molecule has 0 unspecified atom stereocenters. The zero-order chi connectivity index (χ0) is 11.7. The Morgan fingerprint density at radius 2 is 1.62 bits per heavy atom. The van der Waals surface area contributed by atoms with Crippen molar-refractivity contribution >= 4 is 0 Å². The van der Waals surface area contributed by atoms with Crippen LogP contribution >= 0.6 is 0 Å². The fraction of sp³-hybridized carbons (Fsp3) is 0.0833. The van der Waals surface area contributed by atoms with E-state index in [1.54, 1.807) is 19.1 Å². The molecule has 0 radical (unpaired) electrons. The number of pyridine rings is 1. The predicted octanol–water partition coefficient (Wildman–Crippen LogP) is 3.47. The highest BCUT2D eigenvalue weighted by atomic mass is 19.1. The number of aryl methyl sites for hydroxylation is 1. The maximum Gasteiger partial charge on any atom is 0.136 e. The quantitative estimate of drug-likeness (QED) is 0.721. The topological polar surface area (TPSA) is 12.9 Å². The van der Waals surface area contributed by atoms with Crippen LogP contribution in [0.2, 0.25) is 0 Å². The van der Waals surface area contributed by atoms with Crippen molar-refractivity contribution < 1.29 is 13.2 Å². The largest absolute Gasteiger partial charge is 0.261 e. The number of nitrogens with zero attached hydrogens (tertiary/aromatic N) is 1. The molecule has 0 atom stereocenters. The third-order valence-electron chi connectivity index (χ3n) is 2.21. The molecule has 0 aliphatic rings. The third kappa shape index (κ3) is 1.91. The summed E-state index contributed by atoms with van der Waals surface area (Å²) in [5, 5.41) is 0. The molecule has 82 valence electrons. The lowest BCUT2D eigenvalue weighted by atomic mass is 10.1. The molecule has 0 aliphatic heterocycles. The second-order valence-corrected chi connectivity index (χ2v) is 3.43. The van der Waals surface area contributed by atoms with Crippen LogP contribution in [-0.2, 0) is 0 Å². The zero-order valence-corrected chi connectivity index (χ0v) is 8.47. The van der Waals surface area contributed by atoms with Crippen LogP contribution in [0.25, 0.3) is 11.1 Å². The van der Waals surface area contributed by atoms with Crippen molar-refractivity contribution in [1.29, 1.82) is 0 Å². The summed E-state index contributed by atoms with van der Waals surface area (Å²) in [4.78, 5) is 3.93. The first kappa shape index (κ1) is 10.7. The summed E-state index contributed by atoms with van der Waals surface area (Å²) in [6.07, 6.45) is 1.36. The molecule has 0 bridgehead atoms. The van der Waals surface area contributed by atoms with Gasteiger partial charge in [-0.2, -0.15) is 0 Å². The van der Waals surface area contributed by atoms with Crippen LogP contribution in [0.15, 0.2) is 30.5 Å². The van der Waals surface area contributed by atoms with E-state index in [1.165, 1.54) is 6.20 Å². The summed E-state index contributed by atoms with van der Waals surface area (Å²) in [7, 11) is 0. The van der Waals surface area contributed by atoms with Crippen molar-refractivity contribution in [2.45, 2.75) is 6.92 Å². The van der Waals surface area contributed by atoms with Crippen molar-refractivity contribution in [2.24, 2.45) is 0 Å². The van der Waals surface area contributed by atoms with E-state index < -0.39 is 17.5 Å². The number of aromatic nitrogens is 1. The van der Waals surface area contributed by atoms with E-state index in [9.17, 15) is 13.2 Å². The van der Waals surface area contributed by atoms with E-state index >= 15 is 0 Å². The average Bonchev–Trinajstić information content (AvgIpc) is 2.19. The molecule has 0 saturated carbocycles. The Labute approximate surface area is 90.6 Å². The molecule has 2 rings (SSSR count). The first-order valence-corrected chi connectivity index (χ1v) is 4.65. The maximum absolute atomic E-state index is 13.4. The Balaban J connectivity index is 2.60. The van der Waals surface area contributed by atoms with Gasteiger partial charge in [0.25, 0.3) is 0 Å². The number of benzene rings is 1. The Kier molecular flexibility index (Phi) is 2.64. The first-order valence-electron chi connectivity index (χ1n) is 4.65. The molecular formula is C12H8F3N. The summed E-state index contributed by atoms with van der Waals surface area (Å²) in [6.45, 7) is 1.77. The van der Waals surface area contributed by atoms with E-state index in [1.807, 2.05) is 0 Å². The van der Waals surface area contributed by atoms with Crippen LogP contribution < -0.4 is 0 Å². The average molecular weight is 223 g/mol. The second-order valence-electron chi connectivity index (χ2n) is 3.43. The van der Waals surface area contributed by atoms with Crippen LogP contribution in [0.5, 0.6) is 0 Å². The van der Waals surface area contributed by atoms with Gasteiger partial charge in [0, 0.05) is 29.6 Å². The van der Waals surface area contributed by atoms with Gasteiger partial charge in [-0.15, -0.1) is 0 Å². The highest BCUT2D eigenvalue weighted by molar-refractivity contribution is 5.63. The molecule has 16 heavy (non-hydrogen) atoms. The Hall–Kier alpha value is -1.84. The summed E-state index contributed by atoms with van der Waals surface area (Å²) >= 11 is 0. The van der Waals surface area contributed by atoms with Crippen LogP contribution in [0.3, 0.4) is 0 Å². The Morgan fingerprint density at radius 1 is 1.00 bits per heavy atom. The second kappa shape index (κ2) is 3.96. The van der Waals surface area contributed by atoms with Crippen LogP contribution in [0.4, 0.5) is 13.2 Å². The van der Waals surface area contributed by atoms with Crippen molar-refractivity contribution in [3.63, 3.8) is 0 Å². The minimum atomic E-state index is -0.932. The smallest absolute Gasteiger partial charge is 0.136 e. The molecule has 2 aromatic rings. The lowest BCUT2D eigenvalue weighted by Gasteiger charge is -2.05. The van der Waals surface area contributed by atoms with E-state index in [-0.39, 0.29) is 5.56 Å². The van der Waals surface area contributed by atoms with Crippen LogP contribution in [0.1, 0.15) is 5.69 Å². The Morgan fingerprint density at radius 3 is 2.12 bits per heavy atom. The molecule has 0 spiro atoms. The molecule has 1 heterocycles. The van der Waals surface area contributed by atoms with Gasteiger partial charge in [0.15, 0.2) is 0 Å². The molecule has 0 N–H and O–H groups in total. The molecule has 1 nitrogen and oxygen atoms in total. The summed E-state index contributed by atoms with van der Waals surface area (Å²) in [6, 6.07) is 4.48. The fourth-order valence-corrected chi connectivity index (χ4v) is 1.43. The van der Waals surface area contributed by atoms with Gasteiger partial charge in [-0.1, -0.05) is 6.07 Å². The van der Waals surface area contributed by atoms with Crippen LogP contribution in [0, 0.1) is 24.4 Å². The zero-order valence-electron chi connectivity index (χ0n) is 8.47. The third-order valence-corrected chi connectivity index (χ3v) is 2.21. The lowest BCUT2D eigenvalue weighted by molar-refractivity contribution is 0.548. The predicted molar refractivity (Wildman–Crippen MR) is 54.3 cm³/mol. The molecule has 0 aliphatic carbocycles. The molecule has 0 saturated heterocycles. The lowest BCUT2D eigenvalue weighted by Crippen LogP contribution is -1.93. The number of halogens is 3. The number of hydrogen-bond acceptors (Lipinski definition) is 1. The van der Waals surface area contributed by atoms with Gasteiger partial charge < -0.3 is 0 Å². The van der Waals surface area contributed by atoms with Gasteiger partial charge in [0.1, 0.15) is 17.5 Å². The fourth-order valence-electron chi connectivity index (χ4n) is 1.43. The van der Waals surface area contributed by atoms with Crippen LogP contribution in [-0.4, -0.2) is 4.98 Å².